The summed E-state index contributed by atoms with van der Waals surface area (Å²) in [5, 5.41) is 12.1. The van der Waals surface area contributed by atoms with E-state index in [0.29, 0.717) is 16.4 Å². The molecule has 0 aromatic heterocycles. The van der Waals surface area contributed by atoms with Gasteiger partial charge < -0.3 is 10.4 Å². The van der Waals surface area contributed by atoms with Crippen LogP contribution in [0, 0.1) is 5.82 Å². The minimum atomic E-state index is -1.05. The molecule has 2 aromatic carbocycles. The summed E-state index contributed by atoms with van der Waals surface area (Å²) >= 11 is 5.94. The van der Waals surface area contributed by atoms with Crippen molar-refractivity contribution in [3.63, 3.8) is 0 Å². The Bertz CT molecular complexity index is 601. The Balaban J connectivity index is 2.33. The van der Waals surface area contributed by atoms with Crippen LogP contribution in [0.25, 0.3) is 0 Å². The molecule has 18 heavy (non-hydrogen) atoms. The molecule has 0 amide bonds. The number of hydrogen-bond acceptors (Lipinski definition) is 2. The molecule has 5 heteroatoms. The Morgan fingerprint density at radius 3 is 2.67 bits per heavy atom. The molecule has 0 saturated heterocycles. The van der Waals surface area contributed by atoms with E-state index < -0.39 is 5.97 Å². The zero-order valence-electron chi connectivity index (χ0n) is 9.15. The second-order valence-corrected chi connectivity index (χ2v) is 4.04. The van der Waals surface area contributed by atoms with Crippen LogP contribution in [-0.4, -0.2) is 11.1 Å². The van der Waals surface area contributed by atoms with Crippen molar-refractivity contribution in [1.29, 1.82) is 0 Å². The average Bonchev–Trinajstić information content (AvgIpc) is 2.31. The Kier molecular flexibility index (Phi) is 3.48. The Hall–Kier alpha value is -2.07. The van der Waals surface area contributed by atoms with Gasteiger partial charge in [0.1, 0.15) is 5.82 Å². The predicted molar refractivity (Wildman–Crippen MR) is 68.1 cm³/mol. The first-order valence-electron chi connectivity index (χ1n) is 5.12. The van der Waals surface area contributed by atoms with Crippen LogP contribution in [0.15, 0.2) is 42.5 Å². The second kappa shape index (κ2) is 5.06. The molecule has 0 aliphatic heterocycles. The molecule has 0 spiro atoms. The summed E-state index contributed by atoms with van der Waals surface area (Å²) in [7, 11) is 0. The molecule has 0 atom stereocenters. The second-order valence-electron chi connectivity index (χ2n) is 3.64. The van der Waals surface area contributed by atoms with Gasteiger partial charge in [-0.1, -0.05) is 17.7 Å². The van der Waals surface area contributed by atoms with Gasteiger partial charge in [-0.25, -0.2) is 9.18 Å². The van der Waals surface area contributed by atoms with Gasteiger partial charge in [-0.2, -0.15) is 0 Å². The van der Waals surface area contributed by atoms with Crippen LogP contribution in [0.1, 0.15) is 10.4 Å². The third-order valence-corrected chi connectivity index (χ3v) is 2.65. The SMILES string of the molecule is O=C(O)c1ccc(Cl)c(Nc2cccc(F)c2)c1. The van der Waals surface area contributed by atoms with Crippen LogP contribution >= 0.6 is 11.6 Å². The van der Waals surface area contributed by atoms with Crippen molar-refractivity contribution in [2.45, 2.75) is 0 Å². The van der Waals surface area contributed by atoms with E-state index in [1.54, 1.807) is 12.1 Å². The topological polar surface area (TPSA) is 49.3 Å². The van der Waals surface area contributed by atoms with Gasteiger partial charge in [0.05, 0.1) is 16.3 Å². The molecule has 0 aliphatic carbocycles. The molecular weight excluding hydrogens is 257 g/mol. The van der Waals surface area contributed by atoms with Crippen LogP contribution in [0.3, 0.4) is 0 Å². The van der Waals surface area contributed by atoms with Crippen molar-refractivity contribution in [1.82, 2.24) is 0 Å². The molecule has 2 N–H and O–H groups in total. The largest absolute Gasteiger partial charge is 0.478 e. The molecule has 3 nitrogen and oxygen atoms in total. The number of carboxylic acid groups (broad SMARTS) is 1. The van der Waals surface area contributed by atoms with E-state index in [-0.39, 0.29) is 11.4 Å². The normalized spacial score (nSPS) is 10.1. The van der Waals surface area contributed by atoms with Crippen molar-refractivity contribution >= 4 is 28.9 Å². The number of aromatic carboxylic acids is 1. The van der Waals surface area contributed by atoms with Crippen LogP contribution in [0.2, 0.25) is 5.02 Å². The molecule has 0 radical (unpaired) electrons. The summed E-state index contributed by atoms with van der Waals surface area (Å²) in [5.74, 6) is -1.43. The van der Waals surface area contributed by atoms with E-state index >= 15 is 0 Å². The number of hydrogen-bond donors (Lipinski definition) is 2. The van der Waals surface area contributed by atoms with E-state index in [1.807, 2.05) is 0 Å². The minimum Gasteiger partial charge on any atom is -0.478 e. The fraction of sp³-hybridized carbons (Fsp3) is 0. The number of anilines is 2. The average molecular weight is 266 g/mol. The Morgan fingerprint density at radius 2 is 2.00 bits per heavy atom. The fourth-order valence-corrected chi connectivity index (χ4v) is 1.64. The van der Waals surface area contributed by atoms with E-state index in [9.17, 15) is 9.18 Å². The molecule has 0 saturated carbocycles. The van der Waals surface area contributed by atoms with Gasteiger partial charge in [0.2, 0.25) is 0 Å². The van der Waals surface area contributed by atoms with Gasteiger partial charge >= 0.3 is 5.97 Å². The highest BCUT2D eigenvalue weighted by molar-refractivity contribution is 6.33. The van der Waals surface area contributed by atoms with Gasteiger partial charge in [0.15, 0.2) is 0 Å². The number of carbonyl (C=O) groups is 1. The summed E-state index contributed by atoms with van der Waals surface area (Å²) < 4.78 is 13.0. The van der Waals surface area contributed by atoms with E-state index in [4.69, 9.17) is 16.7 Å². The van der Waals surface area contributed by atoms with Crippen LogP contribution in [0.5, 0.6) is 0 Å². The Morgan fingerprint density at radius 1 is 1.22 bits per heavy atom. The summed E-state index contributed by atoms with van der Waals surface area (Å²) in [4.78, 5) is 10.8. The van der Waals surface area contributed by atoms with Gasteiger partial charge in [-0.05, 0) is 36.4 Å². The molecule has 0 bridgehead atoms. The maximum atomic E-state index is 13.0. The number of carboxylic acids is 1. The van der Waals surface area contributed by atoms with Crippen molar-refractivity contribution in [2.24, 2.45) is 0 Å². The lowest BCUT2D eigenvalue weighted by molar-refractivity contribution is 0.0697. The highest BCUT2D eigenvalue weighted by atomic mass is 35.5. The highest BCUT2D eigenvalue weighted by Crippen LogP contribution is 2.26. The zero-order valence-corrected chi connectivity index (χ0v) is 9.91. The van der Waals surface area contributed by atoms with E-state index in [1.165, 1.54) is 30.3 Å². The molecule has 0 unspecified atom stereocenters. The maximum Gasteiger partial charge on any atom is 0.335 e. The molecule has 2 rings (SSSR count). The van der Waals surface area contributed by atoms with Gasteiger partial charge in [-0.3, -0.25) is 0 Å². The van der Waals surface area contributed by atoms with Gasteiger partial charge in [0, 0.05) is 5.69 Å². The molecule has 92 valence electrons. The van der Waals surface area contributed by atoms with Gasteiger partial charge in [0.25, 0.3) is 0 Å². The third kappa shape index (κ3) is 2.78. The fourth-order valence-electron chi connectivity index (χ4n) is 1.48. The summed E-state index contributed by atoms with van der Waals surface area (Å²) in [5.41, 5.74) is 1.03. The summed E-state index contributed by atoms with van der Waals surface area (Å²) in [6.45, 7) is 0. The first kappa shape index (κ1) is 12.4. The zero-order chi connectivity index (χ0) is 13.1. The van der Waals surface area contributed by atoms with Crippen molar-refractivity contribution in [3.8, 4) is 0 Å². The summed E-state index contributed by atoms with van der Waals surface area (Å²) in [6.07, 6.45) is 0. The van der Waals surface area contributed by atoms with Crippen molar-refractivity contribution in [2.75, 3.05) is 5.32 Å². The smallest absolute Gasteiger partial charge is 0.335 e. The van der Waals surface area contributed by atoms with Crippen LogP contribution < -0.4 is 5.32 Å². The minimum absolute atomic E-state index is 0.110. The first-order valence-corrected chi connectivity index (χ1v) is 5.49. The quantitative estimate of drug-likeness (QED) is 0.884. The van der Waals surface area contributed by atoms with E-state index in [0.717, 1.165) is 0 Å². The van der Waals surface area contributed by atoms with E-state index in [2.05, 4.69) is 5.32 Å². The number of benzene rings is 2. The molecular formula is C13H9ClFNO2. The molecule has 0 aliphatic rings. The summed E-state index contributed by atoms with van der Waals surface area (Å²) in [6, 6.07) is 10.1. The molecule has 0 heterocycles. The lowest BCUT2D eigenvalue weighted by Crippen LogP contribution is -1.98. The van der Waals surface area contributed by atoms with Crippen LogP contribution in [0.4, 0.5) is 15.8 Å². The standard InChI is InChI=1S/C13H9ClFNO2/c14-11-5-4-8(13(17)18)6-12(11)16-10-3-1-2-9(15)7-10/h1-7,16H,(H,17,18). The number of nitrogens with one attached hydrogen (secondary N) is 1. The number of rotatable bonds is 3. The predicted octanol–water partition coefficient (Wildman–Crippen LogP) is 3.92. The Labute approximate surface area is 108 Å². The van der Waals surface area contributed by atoms with Crippen LogP contribution in [-0.2, 0) is 0 Å². The lowest BCUT2D eigenvalue weighted by atomic mass is 10.2. The first-order chi connectivity index (χ1) is 8.56. The van der Waals surface area contributed by atoms with Gasteiger partial charge in [-0.15, -0.1) is 0 Å². The van der Waals surface area contributed by atoms with Crippen molar-refractivity contribution < 1.29 is 14.3 Å². The monoisotopic (exact) mass is 265 g/mol. The third-order valence-electron chi connectivity index (χ3n) is 2.32. The molecule has 2 aromatic rings. The van der Waals surface area contributed by atoms with Crippen molar-refractivity contribution in [3.05, 3.63) is 58.9 Å². The highest BCUT2D eigenvalue weighted by Gasteiger charge is 2.07. The number of halogens is 2. The maximum absolute atomic E-state index is 13.0. The lowest BCUT2D eigenvalue weighted by Gasteiger charge is -2.09. The molecule has 0 fully saturated rings.